The molecule has 0 saturated heterocycles. The zero-order chi connectivity index (χ0) is 20.1. The van der Waals surface area contributed by atoms with E-state index in [2.05, 4.69) is 31.1 Å². The quantitative estimate of drug-likeness (QED) is 0.694. The summed E-state index contributed by atoms with van der Waals surface area (Å²) in [7, 11) is 0. The number of thiazole rings is 1. The first-order valence-corrected chi connectivity index (χ1v) is 11.8. The van der Waals surface area contributed by atoms with Crippen molar-refractivity contribution in [2.45, 2.75) is 85.1 Å². The van der Waals surface area contributed by atoms with Crippen molar-refractivity contribution in [2.75, 3.05) is 11.9 Å². The molecule has 0 aromatic carbocycles. The summed E-state index contributed by atoms with van der Waals surface area (Å²) in [5.41, 5.74) is 1.05. The van der Waals surface area contributed by atoms with Crippen LogP contribution in [0.4, 0.5) is 5.13 Å². The Morgan fingerprint density at radius 1 is 1.25 bits per heavy atom. The Balaban J connectivity index is 1.51. The molecule has 1 fully saturated rings. The number of hydrogen-bond acceptors (Lipinski definition) is 4. The van der Waals surface area contributed by atoms with Gasteiger partial charge >= 0.3 is 0 Å². The van der Waals surface area contributed by atoms with Crippen LogP contribution >= 0.6 is 11.3 Å². The number of anilines is 1. The summed E-state index contributed by atoms with van der Waals surface area (Å²) >= 11 is 1.54. The van der Waals surface area contributed by atoms with Crippen LogP contribution < -0.4 is 5.32 Å². The van der Waals surface area contributed by atoms with Crippen molar-refractivity contribution in [3.05, 3.63) is 10.6 Å². The van der Waals surface area contributed by atoms with E-state index in [1.54, 1.807) is 11.3 Å². The Morgan fingerprint density at radius 3 is 2.68 bits per heavy atom. The van der Waals surface area contributed by atoms with E-state index in [1.165, 1.54) is 32.1 Å². The van der Waals surface area contributed by atoms with Crippen molar-refractivity contribution in [1.29, 1.82) is 0 Å². The topological polar surface area (TPSA) is 62.3 Å². The molecule has 0 unspecified atom stereocenters. The summed E-state index contributed by atoms with van der Waals surface area (Å²) in [5, 5.41) is 3.78. The molecule has 0 radical (unpaired) electrons. The Labute approximate surface area is 173 Å². The zero-order valence-electron chi connectivity index (χ0n) is 17.6. The summed E-state index contributed by atoms with van der Waals surface area (Å²) in [5.74, 6) is 1.67. The summed E-state index contributed by atoms with van der Waals surface area (Å²) in [6, 6.07) is 0. The minimum Gasteiger partial charge on any atom is -0.337 e. The Kier molecular flexibility index (Phi) is 7.49. The molecule has 1 aliphatic heterocycles. The molecule has 2 aliphatic rings. The van der Waals surface area contributed by atoms with E-state index in [1.807, 2.05) is 4.90 Å². The number of hydrogen-bond donors (Lipinski definition) is 1. The van der Waals surface area contributed by atoms with Gasteiger partial charge in [-0.15, -0.1) is 0 Å². The van der Waals surface area contributed by atoms with Crippen molar-refractivity contribution < 1.29 is 9.59 Å². The number of carbonyl (C=O) groups is 2. The largest absolute Gasteiger partial charge is 0.337 e. The molecule has 1 saturated carbocycles. The number of nitrogens with zero attached hydrogens (tertiary/aromatic N) is 2. The van der Waals surface area contributed by atoms with E-state index in [9.17, 15) is 9.59 Å². The fourth-order valence-electron chi connectivity index (χ4n) is 4.35. The first-order chi connectivity index (χ1) is 13.5. The highest BCUT2D eigenvalue weighted by molar-refractivity contribution is 7.15. The molecule has 2 heterocycles. The number of rotatable bonds is 7. The van der Waals surface area contributed by atoms with Gasteiger partial charge in [-0.3, -0.25) is 9.59 Å². The van der Waals surface area contributed by atoms with Gasteiger partial charge in [-0.1, -0.05) is 51.4 Å². The number of aromatic nitrogens is 1. The molecule has 2 amide bonds. The van der Waals surface area contributed by atoms with E-state index in [4.69, 9.17) is 0 Å². The third kappa shape index (κ3) is 5.56. The van der Waals surface area contributed by atoms with E-state index in [0.717, 1.165) is 42.3 Å². The third-order valence-electron chi connectivity index (χ3n) is 6.08. The molecular formula is C22H35N3O2S. The monoisotopic (exact) mass is 405 g/mol. The van der Waals surface area contributed by atoms with E-state index in [-0.39, 0.29) is 17.7 Å². The van der Waals surface area contributed by atoms with Crippen molar-refractivity contribution in [3.63, 3.8) is 0 Å². The number of unbranched alkanes of at least 4 members (excludes halogenated alkanes) is 1. The van der Waals surface area contributed by atoms with Crippen LogP contribution in [0.2, 0.25) is 0 Å². The molecule has 1 N–H and O–H groups in total. The summed E-state index contributed by atoms with van der Waals surface area (Å²) in [4.78, 5) is 32.7. The Hall–Kier alpha value is -1.43. The minimum absolute atomic E-state index is 0.128. The Morgan fingerprint density at radius 2 is 2.00 bits per heavy atom. The third-order valence-corrected chi connectivity index (χ3v) is 7.08. The molecule has 3 rings (SSSR count). The predicted octanol–water partition coefficient (Wildman–Crippen LogP) is 5.01. The molecule has 1 aromatic rings. The van der Waals surface area contributed by atoms with Gasteiger partial charge in [0, 0.05) is 30.2 Å². The second kappa shape index (κ2) is 9.86. The number of fused-ring (bicyclic) bond motifs is 1. The van der Waals surface area contributed by atoms with Gasteiger partial charge < -0.3 is 10.2 Å². The fourth-order valence-corrected chi connectivity index (χ4v) is 5.38. The van der Waals surface area contributed by atoms with Crippen LogP contribution in [0.5, 0.6) is 0 Å². The molecule has 5 nitrogen and oxygen atoms in total. The van der Waals surface area contributed by atoms with Gasteiger partial charge in [0.1, 0.15) is 0 Å². The molecule has 0 spiro atoms. The van der Waals surface area contributed by atoms with Crippen molar-refractivity contribution in [2.24, 2.45) is 17.8 Å². The second-order valence-corrected chi connectivity index (χ2v) is 9.98. The minimum atomic E-state index is 0.128. The van der Waals surface area contributed by atoms with Crippen LogP contribution in [-0.2, 0) is 22.6 Å². The second-order valence-electron chi connectivity index (χ2n) is 8.90. The standard InChI is InChI=1S/C22H35N3O2S/c1-4-5-6-16-7-9-17(10-8-16)21(27)24-22-23-18-11-12-25(14-19(18)28-22)20(26)13-15(2)3/h15-17H,4-14H2,1-3H3,(H,23,24,27). The lowest BCUT2D eigenvalue weighted by molar-refractivity contribution is -0.132. The molecule has 6 heteroatoms. The molecule has 28 heavy (non-hydrogen) atoms. The van der Waals surface area contributed by atoms with Crippen molar-refractivity contribution >= 4 is 28.3 Å². The van der Waals surface area contributed by atoms with Gasteiger partial charge in [0.25, 0.3) is 0 Å². The van der Waals surface area contributed by atoms with Crippen LogP contribution in [0.3, 0.4) is 0 Å². The molecular weight excluding hydrogens is 370 g/mol. The number of amides is 2. The maximum Gasteiger partial charge on any atom is 0.229 e. The fraction of sp³-hybridized carbons (Fsp3) is 0.773. The predicted molar refractivity (Wildman–Crippen MR) is 114 cm³/mol. The zero-order valence-corrected chi connectivity index (χ0v) is 18.4. The first-order valence-electron chi connectivity index (χ1n) is 11.0. The lowest BCUT2D eigenvalue weighted by Crippen LogP contribution is -2.36. The van der Waals surface area contributed by atoms with Gasteiger partial charge in [-0.2, -0.15) is 0 Å². The molecule has 0 bridgehead atoms. The van der Waals surface area contributed by atoms with Gasteiger partial charge in [-0.25, -0.2) is 4.98 Å². The molecule has 1 aromatic heterocycles. The van der Waals surface area contributed by atoms with Crippen LogP contribution in [0, 0.1) is 17.8 Å². The molecule has 0 atom stereocenters. The maximum absolute atomic E-state index is 12.7. The smallest absolute Gasteiger partial charge is 0.229 e. The van der Waals surface area contributed by atoms with Crippen LogP contribution in [0.15, 0.2) is 0 Å². The van der Waals surface area contributed by atoms with Gasteiger partial charge in [-0.05, 0) is 37.5 Å². The summed E-state index contributed by atoms with van der Waals surface area (Å²) in [6.45, 7) is 7.76. The SMILES string of the molecule is CCCCC1CCC(C(=O)Nc2nc3c(s2)CN(C(=O)CC(C)C)CC3)CC1. The lowest BCUT2D eigenvalue weighted by Gasteiger charge is -2.27. The maximum atomic E-state index is 12.7. The summed E-state index contributed by atoms with van der Waals surface area (Å²) in [6.07, 6.45) is 9.63. The van der Waals surface area contributed by atoms with Crippen LogP contribution in [0.25, 0.3) is 0 Å². The average molecular weight is 406 g/mol. The van der Waals surface area contributed by atoms with Gasteiger partial charge in [0.15, 0.2) is 5.13 Å². The van der Waals surface area contributed by atoms with Gasteiger partial charge in [0.05, 0.1) is 12.2 Å². The van der Waals surface area contributed by atoms with Gasteiger partial charge in [0.2, 0.25) is 11.8 Å². The van der Waals surface area contributed by atoms with Crippen molar-refractivity contribution in [3.8, 4) is 0 Å². The van der Waals surface area contributed by atoms with E-state index < -0.39 is 0 Å². The first kappa shape index (κ1) is 21.3. The highest BCUT2D eigenvalue weighted by Crippen LogP contribution is 2.34. The highest BCUT2D eigenvalue weighted by atomic mass is 32.1. The van der Waals surface area contributed by atoms with Crippen LogP contribution in [0.1, 0.15) is 82.7 Å². The Bertz CT molecular complexity index is 677. The average Bonchev–Trinajstić information content (AvgIpc) is 3.07. The van der Waals surface area contributed by atoms with E-state index in [0.29, 0.717) is 24.0 Å². The normalized spacial score (nSPS) is 22.2. The summed E-state index contributed by atoms with van der Waals surface area (Å²) < 4.78 is 0. The van der Waals surface area contributed by atoms with Crippen molar-refractivity contribution in [1.82, 2.24) is 9.88 Å². The highest BCUT2D eigenvalue weighted by Gasteiger charge is 2.28. The number of nitrogens with one attached hydrogen (secondary N) is 1. The number of carbonyl (C=O) groups excluding carboxylic acids is 2. The molecule has 156 valence electrons. The van der Waals surface area contributed by atoms with Crippen LogP contribution in [-0.4, -0.2) is 28.2 Å². The lowest BCUT2D eigenvalue weighted by atomic mass is 9.79. The molecule has 1 aliphatic carbocycles. The van der Waals surface area contributed by atoms with E-state index >= 15 is 0 Å².